The lowest BCUT2D eigenvalue weighted by Crippen LogP contribution is -2.30. The number of aryl methyl sites for hydroxylation is 1. The Morgan fingerprint density at radius 2 is 1.80 bits per heavy atom. The number of amides is 1. The number of methoxy groups -OCH3 is 1. The van der Waals surface area contributed by atoms with E-state index in [0.717, 1.165) is 17.5 Å². The van der Waals surface area contributed by atoms with Gasteiger partial charge in [0, 0.05) is 11.6 Å². The van der Waals surface area contributed by atoms with Crippen LogP contribution in [0.15, 0.2) is 42.0 Å². The number of ketones is 1. The Labute approximate surface area is 185 Å². The molecule has 0 radical (unpaired) electrons. The van der Waals surface area contributed by atoms with Gasteiger partial charge in [-0.15, -0.1) is 0 Å². The lowest BCUT2D eigenvalue weighted by molar-refractivity contribution is -0.139. The summed E-state index contributed by atoms with van der Waals surface area (Å²) in [6, 6.07) is 9.91. The van der Waals surface area contributed by atoms with Crippen LogP contribution in [-0.4, -0.2) is 35.4 Å². The van der Waals surface area contributed by atoms with E-state index in [1.54, 1.807) is 0 Å². The van der Waals surface area contributed by atoms with Gasteiger partial charge in [-0.25, -0.2) is 0 Å². The molecule has 1 amide bonds. The molecule has 2 aromatic rings. The molecule has 158 valence electrons. The van der Waals surface area contributed by atoms with Crippen LogP contribution >= 0.6 is 23.2 Å². The summed E-state index contributed by atoms with van der Waals surface area (Å²) in [4.78, 5) is 27.2. The first-order chi connectivity index (χ1) is 14.3. The average molecular weight is 448 g/mol. The number of aliphatic hydroxyl groups is 1. The van der Waals surface area contributed by atoms with Crippen LogP contribution in [0, 0.1) is 0 Å². The number of carbonyl (C=O) groups excluding carboxylic acids is 2. The van der Waals surface area contributed by atoms with E-state index >= 15 is 0 Å². The summed E-state index contributed by atoms with van der Waals surface area (Å²) >= 11 is 12.3. The maximum Gasteiger partial charge on any atom is 0.295 e. The lowest BCUT2D eigenvalue weighted by Gasteiger charge is -2.25. The van der Waals surface area contributed by atoms with Crippen molar-refractivity contribution in [3.05, 3.63) is 68.7 Å². The van der Waals surface area contributed by atoms with Gasteiger partial charge in [0.05, 0.1) is 29.3 Å². The smallest absolute Gasteiger partial charge is 0.295 e. The summed E-state index contributed by atoms with van der Waals surface area (Å²) in [5.41, 5.74) is 2.04. The molecule has 0 aliphatic carbocycles. The molecule has 2 aromatic carbocycles. The van der Waals surface area contributed by atoms with E-state index in [1.165, 1.54) is 24.1 Å². The number of carbonyl (C=O) groups is 2. The zero-order valence-corrected chi connectivity index (χ0v) is 18.5. The van der Waals surface area contributed by atoms with Crippen LogP contribution in [0.5, 0.6) is 5.75 Å². The molecule has 1 aliphatic rings. The monoisotopic (exact) mass is 447 g/mol. The zero-order chi connectivity index (χ0) is 22.0. The highest BCUT2D eigenvalue weighted by Gasteiger charge is 2.46. The van der Waals surface area contributed by atoms with Gasteiger partial charge in [-0.3, -0.25) is 9.59 Å². The van der Waals surface area contributed by atoms with Crippen LogP contribution in [0.4, 0.5) is 0 Å². The molecular formula is C23H23Cl2NO4. The molecule has 0 bridgehead atoms. The van der Waals surface area contributed by atoms with Gasteiger partial charge in [-0.1, -0.05) is 61.3 Å². The maximum atomic E-state index is 13.0. The average Bonchev–Trinajstić information content (AvgIpc) is 2.98. The van der Waals surface area contributed by atoms with Crippen molar-refractivity contribution < 1.29 is 19.4 Å². The van der Waals surface area contributed by atoms with Gasteiger partial charge in [0.25, 0.3) is 11.7 Å². The van der Waals surface area contributed by atoms with Crippen molar-refractivity contribution in [3.63, 3.8) is 0 Å². The Morgan fingerprint density at radius 1 is 1.13 bits per heavy atom. The molecule has 1 atom stereocenters. The normalized spacial score (nSPS) is 18.2. The second-order valence-electron chi connectivity index (χ2n) is 7.06. The third-order valence-corrected chi connectivity index (χ3v) is 5.67. The van der Waals surface area contributed by atoms with E-state index in [2.05, 4.69) is 0 Å². The number of aliphatic hydroxyl groups excluding tert-OH is 1. The summed E-state index contributed by atoms with van der Waals surface area (Å²) in [6.45, 7) is 4.36. The number of hydrogen-bond donors (Lipinski definition) is 1. The van der Waals surface area contributed by atoms with Gasteiger partial charge in [0.1, 0.15) is 11.5 Å². The lowest BCUT2D eigenvalue weighted by atomic mass is 9.94. The number of ether oxygens (including phenoxy) is 1. The molecule has 30 heavy (non-hydrogen) atoms. The summed E-state index contributed by atoms with van der Waals surface area (Å²) in [5, 5.41) is 11.6. The van der Waals surface area contributed by atoms with E-state index in [4.69, 9.17) is 27.9 Å². The maximum absolute atomic E-state index is 13.0. The van der Waals surface area contributed by atoms with Crippen molar-refractivity contribution in [2.24, 2.45) is 0 Å². The summed E-state index contributed by atoms with van der Waals surface area (Å²) < 4.78 is 5.32. The number of likely N-dealkylation sites (tertiary alicyclic amines) is 1. The SMILES string of the molecule is CCCN1C(=O)C(=O)/C(=C(/O)c2cc(Cl)cc(Cl)c2OC)C1c1ccc(CC)cc1. The fraction of sp³-hybridized carbons (Fsp3) is 0.304. The van der Waals surface area contributed by atoms with Crippen molar-refractivity contribution in [1.82, 2.24) is 4.90 Å². The van der Waals surface area contributed by atoms with Gasteiger partial charge in [0.2, 0.25) is 0 Å². The first kappa shape index (κ1) is 22.2. The minimum absolute atomic E-state index is 0.00525. The molecule has 0 aromatic heterocycles. The van der Waals surface area contributed by atoms with Crippen LogP contribution in [0.2, 0.25) is 10.0 Å². The summed E-state index contributed by atoms with van der Waals surface area (Å²) in [5.74, 6) is -1.57. The number of nitrogens with zero attached hydrogens (tertiary/aromatic N) is 1. The van der Waals surface area contributed by atoms with Crippen molar-refractivity contribution >= 4 is 40.7 Å². The highest BCUT2D eigenvalue weighted by Crippen LogP contribution is 2.43. The van der Waals surface area contributed by atoms with Crippen molar-refractivity contribution in [3.8, 4) is 5.75 Å². The number of halogens is 2. The Bertz CT molecular complexity index is 1010. The molecule has 1 N–H and O–H groups in total. The first-order valence-corrected chi connectivity index (χ1v) is 10.5. The predicted octanol–water partition coefficient (Wildman–Crippen LogP) is 5.40. The fourth-order valence-corrected chi connectivity index (χ4v) is 4.29. The van der Waals surface area contributed by atoms with E-state index in [1.807, 2.05) is 38.1 Å². The molecule has 1 heterocycles. The molecule has 7 heteroatoms. The third-order valence-electron chi connectivity index (χ3n) is 5.18. The van der Waals surface area contributed by atoms with Gasteiger partial charge in [-0.2, -0.15) is 0 Å². The van der Waals surface area contributed by atoms with Crippen LogP contribution in [0.3, 0.4) is 0 Å². The Morgan fingerprint density at radius 3 is 2.37 bits per heavy atom. The fourth-order valence-electron chi connectivity index (χ4n) is 3.72. The van der Waals surface area contributed by atoms with Crippen molar-refractivity contribution in [2.75, 3.05) is 13.7 Å². The van der Waals surface area contributed by atoms with Gasteiger partial charge < -0.3 is 14.7 Å². The summed E-state index contributed by atoms with van der Waals surface area (Å²) in [7, 11) is 1.41. The minimum Gasteiger partial charge on any atom is -0.507 e. The van der Waals surface area contributed by atoms with Crippen molar-refractivity contribution in [1.29, 1.82) is 0 Å². The second-order valence-corrected chi connectivity index (χ2v) is 7.90. The molecule has 3 rings (SSSR count). The molecule has 1 aliphatic heterocycles. The minimum atomic E-state index is -0.747. The summed E-state index contributed by atoms with van der Waals surface area (Å²) in [6.07, 6.45) is 1.54. The highest BCUT2D eigenvalue weighted by atomic mass is 35.5. The molecule has 1 unspecified atom stereocenters. The van der Waals surface area contributed by atoms with E-state index in [9.17, 15) is 14.7 Å². The largest absolute Gasteiger partial charge is 0.507 e. The number of Topliss-reactive ketones (excluding diaryl/α,β-unsaturated/α-hetero) is 1. The van der Waals surface area contributed by atoms with Crippen LogP contribution < -0.4 is 4.74 Å². The highest BCUT2D eigenvalue weighted by molar-refractivity contribution is 6.46. The topological polar surface area (TPSA) is 66.8 Å². The molecule has 0 saturated carbocycles. The van der Waals surface area contributed by atoms with Gasteiger partial charge in [-0.05, 0) is 36.1 Å². The first-order valence-electron chi connectivity index (χ1n) is 9.74. The number of rotatable bonds is 6. The second kappa shape index (κ2) is 9.11. The predicted molar refractivity (Wildman–Crippen MR) is 118 cm³/mol. The van der Waals surface area contributed by atoms with E-state index in [-0.39, 0.29) is 32.7 Å². The van der Waals surface area contributed by atoms with Gasteiger partial charge in [0.15, 0.2) is 0 Å². The molecule has 5 nitrogen and oxygen atoms in total. The Hall–Kier alpha value is -2.50. The van der Waals surface area contributed by atoms with E-state index in [0.29, 0.717) is 13.0 Å². The molecular weight excluding hydrogens is 425 g/mol. The molecule has 1 fully saturated rings. The molecule has 1 saturated heterocycles. The van der Waals surface area contributed by atoms with Crippen LogP contribution in [0.25, 0.3) is 5.76 Å². The van der Waals surface area contributed by atoms with Crippen LogP contribution in [-0.2, 0) is 16.0 Å². The Kier molecular flexibility index (Phi) is 6.74. The number of hydrogen-bond acceptors (Lipinski definition) is 4. The van der Waals surface area contributed by atoms with Crippen LogP contribution in [0.1, 0.15) is 43.0 Å². The van der Waals surface area contributed by atoms with Crippen molar-refractivity contribution in [2.45, 2.75) is 32.7 Å². The Balaban J connectivity index is 2.25. The van der Waals surface area contributed by atoms with E-state index < -0.39 is 17.7 Å². The quantitative estimate of drug-likeness (QED) is 0.365. The zero-order valence-electron chi connectivity index (χ0n) is 17.0. The standard InChI is InChI=1S/C23H23Cl2NO4/c1-4-10-26-19(14-8-6-13(5-2)7-9-14)18(21(28)23(26)29)20(27)16-11-15(24)12-17(25)22(16)30-3/h6-9,11-12,19,27H,4-5,10H2,1-3H3/b20-18+. The third kappa shape index (κ3) is 3.92. The number of benzene rings is 2. The molecule has 0 spiro atoms. The van der Waals surface area contributed by atoms with Gasteiger partial charge >= 0.3 is 0 Å².